The number of piperidine rings is 1. The Hall–Kier alpha value is -3.46. The first kappa shape index (κ1) is 22.0. The van der Waals surface area contributed by atoms with Crippen LogP contribution in [-0.4, -0.2) is 28.7 Å². The summed E-state index contributed by atoms with van der Waals surface area (Å²) in [6.45, 7) is 1.15. The molecule has 1 aromatic heterocycles. The minimum absolute atomic E-state index is 0.245. The number of oxazole rings is 1. The van der Waals surface area contributed by atoms with Gasteiger partial charge in [0.2, 0.25) is 0 Å². The number of hydrogen-bond donors (Lipinski definition) is 2. The number of aromatic nitrogens is 1. The smallest absolute Gasteiger partial charge is 0.295 e. The van der Waals surface area contributed by atoms with Crippen molar-refractivity contribution in [2.75, 3.05) is 16.8 Å². The zero-order valence-electron chi connectivity index (χ0n) is 19.9. The number of rotatable bonds is 6. The molecule has 0 amide bonds. The summed E-state index contributed by atoms with van der Waals surface area (Å²) in [6.07, 6.45) is 10.6. The number of nitrogens with one attached hydrogen (secondary N) is 1. The molecule has 0 unspecified atom stereocenters. The molecule has 2 heterocycles. The zero-order chi connectivity index (χ0) is 23.8. The van der Waals surface area contributed by atoms with E-state index < -0.39 is 0 Å². The Morgan fingerprint density at radius 3 is 2.60 bits per heavy atom. The van der Waals surface area contributed by atoms with Crippen molar-refractivity contribution >= 4 is 11.7 Å². The van der Waals surface area contributed by atoms with Gasteiger partial charge in [0, 0.05) is 29.9 Å². The van der Waals surface area contributed by atoms with Crippen molar-refractivity contribution in [2.24, 2.45) is 17.8 Å². The summed E-state index contributed by atoms with van der Waals surface area (Å²) in [6, 6.07) is 19.0. The SMILES string of the molecule is N#Cc1ccc(N2C[C@@H]3C[C@H](C[C@@H]4CCCC[C@H]4Nc4ncc(-c5ccc(O)cc5)o4)[C@H]2C3)cc1. The van der Waals surface area contributed by atoms with Crippen LogP contribution < -0.4 is 10.2 Å². The number of phenols is 1. The minimum Gasteiger partial charge on any atom is -0.508 e. The van der Waals surface area contributed by atoms with Crippen molar-refractivity contribution in [3.05, 3.63) is 60.3 Å². The fraction of sp³-hybridized carbons (Fsp3) is 0.448. The molecule has 2 saturated carbocycles. The van der Waals surface area contributed by atoms with E-state index in [0.29, 0.717) is 35.7 Å². The van der Waals surface area contributed by atoms with Gasteiger partial charge in [-0.1, -0.05) is 12.8 Å². The Morgan fingerprint density at radius 1 is 1.03 bits per heavy atom. The summed E-state index contributed by atoms with van der Waals surface area (Å²) in [5.74, 6) is 3.09. The molecule has 3 aromatic rings. The summed E-state index contributed by atoms with van der Waals surface area (Å²) in [5, 5.41) is 22.3. The summed E-state index contributed by atoms with van der Waals surface area (Å²) in [4.78, 5) is 7.11. The molecule has 0 spiro atoms. The Bertz CT molecular complexity index is 1200. The molecule has 3 fully saturated rings. The molecule has 6 nitrogen and oxygen atoms in total. The van der Waals surface area contributed by atoms with Crippen molar-refractivity contribution in [3.8, 4) is 23.1 Å². The van der Waals surface area contributed by atoms with E-state index in [1.165, 1.54) is 44.2 Å². The Balaban J connectivity index is 1.13. The predicted octanol–water partition coefficient (Wildman–Crippen LogP) is 6.19. The van der Waals surface area contributed by atoms with E-state index in [9.17, 15) is 5.11 Å². The van der Waals surface area contributed by atoms with Gasteiger partial charge in [0.05, 0.1) is 17.8 Å². The van der Waals surface area contributed by atoms with Gasteiger partial charge in [-0.15, -0.1) is 0 Å². The number of benzene rings is 2. The highest BCUT2D eigenvalue weighted by Crippen LogP contribution is 2.48. The third kappa shape index (κ3) is 4.48. The fourth-order valence-corrected chi connectivity index (χ4v) is 6.76. The molecule has 2 N–H and O–H groups in total. The first-order valence-electron chi connectivity index (χ1n) is 12.9. The maximum Gasteiger partial charge on any atom is 0.295 e. The van der Waals surface area contributed by atoms with Gasteiger partial charge in [-0.2, -0.15) is 5.26 Å². The summed E-state index contributed by atoms with van der Waals surface area (Å²) >= 11 is 0. The molecule has 35 heavy (non-hydrogen) atoms. The molecule has 2 bridgehead atoms. The van der Waals surface area contributed by atoms with E-state index in [1.54, 1.807) is 18.3 Å². The number of aromatic hydroxyl groups is 1. The Kier molecular flexibility index (Phi) is 5.85. The molecule has 6 heteroatoms. The molecule has 2 aliphatic carbocycles. The van der Waals surface area contributed by atoms with E-state index in [-0.39, 0.29) is 5.75 Å². The topological polar surface area (TPSA) is 85.3 Å². The van der Waals surface area contributed by atoms with Gasteiger partial charge in [-0.05, 0) is 98.4 Å². The second-order valence-electron chi connectivity index (χ2n) is 10.6. The zero-order valence-corrected chi connectivity index (χ0v) is 19.9. The van der Waals surface area contributed by atoms with E-state index in [0.717, 1.165) is 30.0 Å². The third-order valence-corrected chi connectivity index (χ3v) is 8.42. The van der Waals surface area contributed by atoms with Gasteiger partial charge >= 0.3 is 0 Å². The second kappa shape index (κ2) is 9.30. The second-order valence-corrected chi connectivity index (χ2v) is 10.6. The molecule has 3 aliphatic rings. The highest BCUT2D eigenvalue weighted by molar-refractivity contribution is 5.58. The monoisotopic (exact) mass is 468 g/mol. The van der Waals surface area contributed by atoms with Gasteiger partial charge in [-0.3, -0.25) is 0 Å². The average molecular weight is 469 g/mol. The fourth-order valence-electron chi connectivity index (χ4n) is 6.76. The van der Waals surface area contributed by atoms with Crippen LogP contribution in [0.1, 0.15) is 50.5 Å². The van der Waals surface area contributed by atoms with Crippen LogP contribution in [0.25, 0.3) is 11.3 Å². The maximum absolute atomic E-state index is 9.54. The van der Waals surface area contributed by atoms with E-state index in [1.807, 2.05) is 24.3 Å². The van der Waals surface area contributed by atoms with Crippen LogP contribution in [0.2, 0.25) is 0 Å². The standard InChI is InChI=1S/C29H32N4O2/c30-16-19-5-9-24(10-6-19)33-18-20-13-23(27(33)14-20)15-22-3-1-2-4-26(22)32-29-31-17-28(35-29)21-7-11-25(34)12-8-21/h5-12,17,20,22-23,26-27,34H,1-4,13-15,18H2,(H,31,32)/t20-,22+,23-,26-,27-/m1/s1. The van der Waals surface area contributed by atoms with Crippen molar-refractivity contribution in [1.82, 2.24) is 4.98 Å². The number of phenolic OH excluding ortho intramolecular Hbond substituents is 1. The molecule has 6 rings (SSSR count). The third-order valence-electron chi connectivity index (χ3n) is 8.42. The van der Waals surface area contributed by atoms with Gasteiger partial charge in [-0.25, -0.2) is 4.98 Å². The quantitative estimate of drug-likeness (QED) is 0.448. The first-order valence-corrected chi connectivity index (χ1v) is 12.9. The van der Waals surface area contributed by atoms with Crippen molar-refractivity contribution in [1.29, 1.82) is 5.26 Å². The lowest BCUT2D eigenvalue weighted by Gasteiger charge is -2.39. The summed E-state index contributed by atoms with van der Waals surface area (Å²) in [7, 11) is 0. The van der Waals surface area contributed by atoms with Gasteiger partial charge in [0.15, 0.2) is 5.76 Å². The van der Waals surface area contributed by atoms with Gasteiger partial charge in [0.25, 0.3) is 6.01 Å². The van der Waals surface area contributed by atoms with Crippen LogP contribution in [0.15, 0.2) is 59.1 Å². The number of hydrogen-bond acceptors (Lipinski definition) is 6. The van der Waals surface area contributed by atoms with Crippen LogP contribution in [0.3, 0.4) is 0 Å². The molecule has 1 aliphatic heterocycles. The minimum atomic E-state index is 0.245. The molecular formula is C29H32N4O2. The van der Waals surface area contributed by atoms with E-state index >= 15 is 0 Å². The Labute approximate surface area is 206 Å². The molecule has 0 radical (unpaired) electrons. The molecule has 1 saturated heterocycles. The van der Waals surface area contributed by atoms with Gasteiger partial charge in [0.1, 0.15) is 5.75 Å². The van der Waals surface area contributed by atoms with Crippen LogP contribution in [-0.2, 0) is 0 Å². The average Bonchev–Trinajstić information content (AvgIpc) is 3.62. The van der Waals surface area contributed by atoms with Crippen LogP contribution in [0.5, 0.6) is 5.75 Å². The van der Waals surface area contributed by atoms with E-state index in [4.69, 9.17) is 9.68 Å². The van der Waals surface area contributed by atoms with Crippen molar-refractivity contribution < 1.29 is 9.52 Å². The first-order chi connectivity index (χ1) is 17.2. The van der Waals surface area contributed by atoms with Crippen LogP contribution in [0, 0.1) is 29.1 Å². The molecule has 2 aromatic carbocycles. The Morgan fingerprint density at radius 2 is 1.83 bits per heavy atom. The summed E-state index contributed by atoms with van der Waals surface area (Å²) < 4.78 is 6.04. The number of nitriles is 1. The summed E-state index contributed by atoms with van der Waals surface area (Å²) in [5.41, 5.74) is 2.90. The lowest BCUT2D eigenvalue weighted by molar-refractivity contribution is 0.241. The molecular weight excluding hydrogens is 436 g/mol. The van der Waals surface area contributed by atoms with Crippen LogP contribution >= 0.6 is 0 Å². The maximum atomic E-state index is 9.54. The molecule has 5 atom stereocenters. The normalized spacial score (nSPS) is 27.6. The van der Waals surface area contributed by atoms with E-state index in [2.05, 4.69) is 33.4 Å². The largest absolute Gasteiger partial charge is 0.508 e. The number of nitrogens with zero attached hydrogens (tertiary/aromatic N) is 3. The van der Waals surface area contributed by atoms with Crippen molar-refractivity contribution in [2.45, 2.75) is 57.0 Å². The number of fused-ring (bicyclic) bond motifs is 2. The highest BCUT2D eigenvalue weighted by Gasteiger charge is 2.46. The lowest BCUT2D eigenvalue weighted by Crippen LogP contribution is -2.41. The highest BCUT2D eigenvalue weighted by atomic mass is 16.4. The predicted molar refractivity (Wildman–Crippen MR) is 136 cm³/mol. The van der Waals surface area contributed by atoms with Crippen molar-refractivity contribution in [3.63, 3.8) is 0 Å². The van der Waals surface area contributed by atoms with Gasteiger partial charge < -0.3 is 19.7 Å². The number of anilines is 2. The lowest BCUT2D eigenvalue weighted by atomic mass is 9.77. The molecule has 180 valence electrons. The van der Waals surface area contributed by atoms with Crippen LogP contribution in [0.4, 0.5) is 11.7 Å².